The van der Waals surface area contributed by atoms with Crippen molar-refractivity contribution in [3.8, 4) is 0 Å². The molecule has 0 aliphatic carbocycles. The minimum Gasteiger partial charge on any atom is -0.388 e. The predicted octanol–water partition coefficient (Wildman–Crippen LogP) is 4.41. The molecular formula is C16H26O. The smallest absolute Gasteiger partial charge is 0.0795 e. The van der Waals surface area contributed by atoms with Crippen LogP contribution in [-0.2, 0) is 0 Å². The van der Waals surface area contributed by atoms with E-state index < -0.39 is 0 Å². The molecule has 1 rings (SSSR count). The van der Waals surface area contributed by atoms with Crippen molar-refractivity contribution in [3.05, 3.63) is 34.9 Å². The highest BCUT2D eigenvalue weighted by Gasteiger charge is 2.24. The lowest BCUT2D eigenvalue weighted by molar-refractivity contribution is 0.110. The molecular weight excluding hydrogens is 208 g/mol. The van der Waals surface area contributed by atoms with Gasteiger partial charge >= 0.3 is 0 Å². The Kier molecular flexibility index (Phi) is 4.37. The molecule has 1 aromatic carbocycles. The third kappa shape index (κ3) is 3.57. The van der Waals surface area contributed by atoms with Gasteiger partial charge in [-0.3, -0.25) is 0 Å². The summed E-state index contributed by atoms with van der Waals surface area (Å²) in [5.74, 6) is 0.498. The fourth-order valence-electron chi connectivity index (χ4n) is 1.95. The molecule has 1 heteroatoms. The lowest BCUT2D eigenvalue weighted by Gasteiger charge is -2.29. The topological polar surface area (TPSA) is 20.2 Å². The average Bonchev–Trinajstić information content (AvgIpc) is 2.20. The minimum atomic E-state index is -0.343. The Hall–Kier alpha value is -0.820. The van der Waals surface area contributed by atoms with Crippen LogP contribution in [0.15, 0.2) is 18.2 Å². The molecule has 0 aromatic heterocycles. The Balaban J connectivity index is 2.84. The molecule has 2 unspecified atom stereocenters. The van der Waals surface area contributed by atoms with Crippen LogP contribution in [0.5, 0.6) is 0 Å². The van der Waals surface area contributed by atoms with Crippen LogP contribution < -0.4 is 0 Å². The molecule has 17 heavy (non-hydrogen) atoms. The van der Waals surface area contributed by atoms with Gasteiger partial charge in [0.2, 0.25) is 0 Å². The number of hydrogen-bond donors (Lipinski definition) is 1. The van der Waals surface area contributed by atoms with E-state index in [9.17, 15) is 5.11 Å². The second-order valence-corrected chi connectivity index (χ2v) is 6.31. The van der Waals surface area contributed by atoms with E-state index in [1.54, 1.807) is 0 Å². The van der Waals surface area contributed by atoms with E-state index in [1.165, 1.54) is 11.1 Å². The first-order valence-electron chi connectivity index (χ1n) is 6.47. The van der Waals surface area contributed by atoms with Gasteiger partial charge in [-0.25, -0.2) is 0 Å². The maximum Gasteiger partial charge on any atom is 0.0795 e. The van der Waals surface area contributed by atoms with Crippen LogP contribution in [0, 0.1) is 25.2 Å². The van der Waals surface area contributed by atoms with Crippen molar-refractivity contribution in [1.82, 2.24) is 0 Å². The van der Waals surface area contributed by atoms with E-state index in [1.807, 2.05) is 12.1 Å². The third-order valence-electron chi connectivity index (χ3n) is 4.06. The molecule has 1 aromatic rings. The van der Waals surface area contributed by atoms with Crippen molar-refractivity contribution in [3.63, 3.8) is 0 Å². The summed E-state index contributed by atoms with van der Waals surface area (Å²) >= 11 is 0. The van der Waals surface area contributed by atoms with E-state index >= 15 is 0 Å². The summed E-state index contributed by atoms with van der Waals surface area (Å²) in [4.78, 5) is 0. The van der Waals surface area contributed by atoms with Crippen LogP contribution >= 0.6 is 0 Å². The van der Waals surface area contributed by atoms with Gasteiger partial charge in [0.25, 0.3) is 0 Å². The van der Waals surface area contributed by atoms with E-state index in [0.29, 0.717) is 5.92 Å². The molecule has 0 heterocycles. The summed E-state index contributed by atoms with van der Waals surface area (Å²) in [7, 11) is 0. The maximum atomic E-state index is 10.4. The highest BCUT2D eigenvalue weighted by molar-refractivity contribution is 5.34. The van der Waals surface area contributed by atoms with Crippen LogP contribution in [-0.4, -0.2) is 5.11 Å². The van der Waals surface area contributed by atoms with Crippen LogP contribution in [0.25, 0.3) is 0 Å². The van der Waals surface area contributed by atoms with E-state index in [-0.39, 0.29) is 11.5 Å². The molecule has 0 radical (unpaired) electrons. The monoisotopic (exact) mass is 234 g/mol. The molecule has 0 aliphatic rings. The Labute approximate surface area is 106 Å². The zero-order valence-corrected chi connectivity index (χ0v) is 12.0. The fraction of sp³-hybridized carbons (Fsp3) is 0.625. The molecule has 2 atom stereocenters. The minimum absolute atomic E-state index is 0.249. The second kappa shape index (κ2) is 5.22. The van der Waals surface area contributed by atoms with Gasteiger partial charge in [0.15, 0.2) is 0 Å². The van der Waals surface area contributed by atoms with Gasteiger partial charge in [-0.15, -0.1) is 0 Å². The Morgan fingerprint density at radius 2 is 1.76 bits per heavy atom. The van der Waals surface area contributed by atoms with Gasteiger partial charge in [0, 0.05) is 0 Å². The molecule has 0 spiro atoms. The SMILES string of the molecule is Cc1cccc(C(O)CC(C)C(C)(C)C)c1C. The van der Waals surface area contributed by atoms with Crippen LogP contribution in [0.2, 0.25) is 0 Å². The molecule has 0 amide bonds. The van der Waals surface area contributed by atoms with Crippen molar-refractivity contribution in [1.29, 1.82) is 0 Å². The molecule has 0 saturated carbocycles. The van der Waals surface area contributed by atoms with E-state index in [2.05, 4.69) is 47.6 Å². The van der Waals surface area contributed by atoms with Gasteiger partial charge in [0.1, 0.15) is 0 Å². The molecule has 0 aliphatic heterocycles. The number of aliphatic hydroxyl groups excluding tert-OH is 1. The van der Waals surface area contributed by atoms with Gasteiger partial charge in [0.05, 0.1) is 6.10 Å². The highest BCUT2D eigenvalue weighted by atomic mass is 16.3. The van der Waals surface area contributed by atoms with Crippen molar-refractivity contribution < 1.29 is 5.11 Å². The van der Waals surface area contributed by atoms with Gasteiger partial charge in [-0.05, 0) is 48.3 Å². The standard InChI is InChI=1S/C16H26O/c1-11-8-7-9-14(13(11)3)15(17)10-12(2)16(4,5)6/h7-9,12,15,17H,10H2,1-6H3. The zero-order valence-electron chi connectivity index (χ0n) is 12.0. The summed E-state index contributed by atoms with van der Waals surface area (Å²) in [6, 6.07) is 6.17. The lowest BCUT2D eigenvalue weighted by atomic mass is 9.78. The number of aliphatic hydroxyl groups is 1. The fourth-order valence-corrected chi connectivity index (χ4v) is 1.95. The maximum absolute atomic E-state index is 10.4. The first kappa shape index (κ1) is 14.2. The predicted molar refractivity (Wildman–Crippen MR) is 74.1 cm³/mol. The summed E-state index contributed by atoms with van der Waals surface area (Å²) in [5.41, 5.74) is 3.81. The van der Waals surface area contributed by atoms with Gasteiger partial charge in [-0.1, -0.05) is 45.9 Å². The Morgan fingerprint density at radius 3 is 2.29 bits per heavy atom. The molecule has 96 valence electrons. The number of aryl methyl sites for hydroxylation is 1. The van der Waals surface area contributed by atoms with Crippen LogP contribution in [0.4, 0.5) is 0 Å². The van der Waals surface area contributed by atoms with E-state index in [4.69, 9.17) is 0 Å². The molecule has 1 N–H and O–H groups in total. The Morgan fingerprint density at radius 1 is 1.18 bits per heavy atom. The van der Waals surface area contributed by atoms with Gasteiger partial charge < -0.3 is 5.11 Å². The molecule has 0 bridgehead atoms. The van der Waals surface area contributed by atoms with Crippen molar-refractivity contribution in [2.24, 2.45) is 11.3 Å². The quantitative estimate of drug-likeness (QED) is 0.821. The third-order valence-corrected chi connectivity index (χ3v) is 4.06. The van der Waals surface area contributed by atoms with Crippen LogP contribution in [0.3, 0.4) is 0 Å². The van der Waals surface area contributed by atoms with Crippen molar-refractivity contribution in [2.45, 2.75) is 54.1 Å². The molecule has 1 nitrogen and oxygen atoms in total. The Bertz CT molecular complexity index is 374. The number of hydrogen-bond acceptors (Lipinski definition) is 1. The lowest BCUT2D eigenvalue weighted by Crippen LogP contribution is -2.20. The summed E-state index contributed by atoms with van der Waals surface area (Å²) in [6.45, 7) is 13.1. The number of rotatable bonds is 3. The second-order valence-electron chi connectivity index (χ2n) is 6.31. The zero-order chi connectivity index (χ0) is 13.2. The first-order valence-corrected chi connectivity index (χ1v) is 6.47. The van der Waals surface area contributed by atoms with Crippen LogP contribution in [0.1, 0.15) is 56.9 Å². The normalized spacial score (nSPS) is 15.7. The summed E-state index contributed by atoms with van der Waals surface area (Å²) in [5, 5.41) is 10.4. The van der Waals surface area contributed by atoms with Crippen molar-refractivity contribution >= 4 is 0 Å². The summed E-state index contributed by atoms with van der Waals surface area (Å²) in [6.07, 6.45) is 0.484. The highest BCUT2D eigenvalue weighted by Crippen LogP contribution is 2.34. The number of benzene rings is 1. The van der Waals surface area contributed by atoms with Gasteiger partial charge in [-0.2, -0.15) is 0 Å². The molecule has 0 fully saturated rings. The molecule has 0 saturated heterocycles. The summed E-state index contributed by atoms with van der Waals surface area (Å²) < 4.78 is 0. The van der Waals surface area contributed by atoms with Crippen molar-refractivity contribution in [2.75, 3.05) is 0 Å². The first-order chi connectivity index (χ1) is 7.73. The average molecular weight is 234 g/mol. The van der Waals surface area contributed by atoms with E-state index in [0.717, 1.165) is 12.0 Å². The largest absolute Gasteiger partial charge is 0.388 e.